The van der Waals surface area contributed by atoms with Crippen molar-refractivity contribution >= 4 is 17.4 Å². The van der Waals surface area contributed by atoms with Crippen LogP contribution >= 0.6 is 11.6 Å². The molecule has 0 aliphatic carbocycles. The summed E-state index contributed by atoms with van der Waals surface area (Å²) in [5, 5.41) is 16.9. The van der Waals surface area contributed by atoms with Gasteiger partial charge in [-0.15, -0.1) is 0 Å². The minimum atomic E-state index is 0.0249. The van der Waals surface area contributed by atoms with Gasteiger partial charge in [0.2, 0.25) is 0 Å². The van der Waals surface area contributed by atoms with Crippen LogP contribution in [0.2, 0.25) is 5.02 Å². The lowest BCUT2D eigenvalue weighted by Crippen LogP contribution is -2.17. The Kier molecular flexibility index (Phi) is 3.48. The summed E-state index contributed by atoms with van der Waals surface area (Å²) in [7, 11) is 0. The molecule has 2 aromatic rings. The lowest BCUT2D eigenvalue weighted by Gasteiger charge is -2.11. The molecule has 0 atom stereocenters. The number of nitrogens with zero attached hydrogens (tertiary/aromatic N) is 3. The number of oxime groups is 1. The van der Waals surface area contributed by atoms with Gasteiger partial charge in [0.15, 0.2) is 5.84 Å². The number of rotatable bonds is 2. The van der Waals surface area contributed by atoms with Gasteiger partial charge in [0.25, 0.3) is 0 Å². The summed E-state index contributed by atoms with van der Waals surface area (Å²) in [6.07, 6.45) is 0. The average Bonchev–Trinajstić information content (AvgIpc) is 2.65. The van der Waals surface area contributed by atoms with Gasteiger partial charge in [-0.2, -0.15) is 5.10 Å². The highest BCUT2D eigenvalue weighted by Crippen LogP contribution is 2.23. The number of halogens is 1. The molecule has 0 unspecified atom stereocenters. The maximum Gasteiger partial charge on any atom is 0.172 e. The quantitative estimate of drug-likeness (QED) is 0.384. The zero-order valence-corrected chi connectivity index (χ0v) is 11.7. The van der Waals surface area contributed by atoms with Gasteiger partial charge in [-0.3, -0.25) is 0 Å². The molecule has 0 aliphatic heterocycles. The number of amidine groups is 1. The molecule has 1 heterocycles. The monoisotopic (exact) mass is 278 g/mol. The molecule has 5 nitrogen and oxygen atoms in total. The van der Waals surface area contributed by atoms with Crippen LogP contribution in [0.15, 0.2) is 23.4 Å². The second-order valence-corrected chi connectivity index (χ2v) is 4.79. The van der Waals surface area contributed by atoms with Crippen molar-refractivity contribution in [1.29, 1.82) is 0 Å². The molecule has 1 aromatic carbocycles. The van der Waals surface area contributed by atoms with Gasteiger partial charge in [0, 0.05) is 16.3 Å². The first-order chi connectivity index (χ1) is 8.95. The van der Waals surface area contributed by atoms with Gasteiger partial charge >= 0.3 is 0 Å². The number of nitrogens with two attached hydrogens (primary N) is 1. The highest BCUT2D eigenvalue weighted by molar-refractivity contribution is 6.31. The van der Waals surface area contributed by atoms with E-state index in [2.05, 4.69) is 10.3 Å². The molecule has 0 saturated heterocycles. The third-order valence-electron chi connectivity index (χ3n) is 3.22. The molecule has 1 aromatic heterocycles. The standard InChI is InChI=1S/C13H15ClN4O/c1-7-8(2)16-18(9(7)3)12-6-10(14)4-5-11(12)13(15)17-19/h4-6,19H,1-3H3,(H2,15,17). The van der Waals surface area contributed by atoms with E-state index in [1.807, 2.05) is 20.8 Å². The second kappa shape index (κ2) is 4.93. The summed E-state index contributed by atoms with van der Waals surface area (Å²) in [4.78, 5) is 0. The van der Waals surface area contributed by atoms with E-state index in [-0.39, 0.29) is 5.84 Å². The summed E-state index contributed by atoms with van der Waals surface area (Å²) in [5.74, 6) is 0.0249. The lowest BCUT2D eigenvalue weighted by molar-refractivity contribution is 0.318. The van der Waals surface area contributed by atoms with Gasteiger partial charge in [0.1, 0.15) is 0 Å². The summed E-state index contributed by atoms with van der Waals surface area (Å²) in [5.41, 5.74) is 9.99. The Hall–Kier alpha value is -2.01. The molecule has 100 valence electrons. The minimum Gasteiger partial charge on any atom is -0.409 e. The summed E-state index contributed by atoms with van der Waals surface area (Å²) < 4.78 is 1.75. The lowest BCUT2D eigenvalue weighted by atomic mass is 10.1. The van der Waals surface area contributed by atoms with Gasteiger partial charge in [-0.25, -0.2) is 4.68 Å². The summed E-state index contributed by atoms with van der Waals surface area (Å²) in [6.45, 7) is 5.90. The fraction of sp³-hybridized carbons (Fsp3) is 0.231. The van der Waals surface area contributed by atoms with E-state index < -0.39 is 0 Å². The largest absolute Gasteiger partial charge is 0.409 e. The van der Waals surface area contributed by atoms with E-state index in [0.29, 0.717) is 16.3 Å². The van der Waals surface area contributed by atoms with E-state index in [4.69, 9.17) is 22.5 Å². The topological polar surface area (TPSA) is 76.4 Å². The molecule has 0 radical (unpaired) electrons. The highest BCUT2D eigenvalue weighted by Gasteiger charge is 2.15. The highest BCUT2D eigenvalue weighted by atomic mass is 35.5. The molecule has 0 spiro atoms. The van der Waals surface area contributed by atoms with E-state index in [1.165, 1.54) is 0 Å². The van der Waals surface area contributed by atoms with Gasteiger partial charge in [-0.05, 0) is 44.5 Å². The molecule has 6 heteroatoms. The second-order valence-electron chi connectivity index (χ2n) is 4.35. The molecule has 3 N–H and O–H groups in total. The Bertz CT molecular complexity index is 661. The van der Waals surface area contributed by atoms with Crippen molar-refractivity contribution in [2.75, 3.05) is 0 Å². The first kappa shape index (κ1) is 13.4. The molecule has 0 aliphatic rings. The van der Waals surface area contributed by atoms with E-state index in [1.54, 1.807) is 22.9 Å². The van der Waals surface area contributed by atoms with Crippen molar-refractivity contribution in [1.82, 2.24) is 9.78 Å². The summed E-state index contributed by atoms with van der Waals surface area (Å²) in [6, 6.07) is 5.14. The van der Waals surface area contributed by atoms with Crippen LogP contribution in [0.4, 0.5) is 0 Å². The van der Waals surface area contributed by atoms with Crippen molar-refractivity contribution in [3.63, 3.8) is 0 Å². The average molecular weight is 279 g/mol. The van der Waals surface area contributed by atoms with Gasteiger partial charge < -0.3 is 10.9 Å². The molecule has 0 fully saturated rings. The molecular weight excluding hydrogens is 264 g/mol. The van der Waals surface area contributed by atoms with Crippen molar-refractivity contribution in [2.45, 2.75) is 20.8 Å². The van der Waals surface area contributed by atoms with Crippen LogP contribution in [0.1, 0.15) is 22.5 Å². The molecular formula is C13H15ClN4O. The zero-order valence-electron chi connectivity index (χ0n) is 11.0. The number of aryl methyl sites for hydroxylation is 1. The Balaban J connectivity index is 2.73. The van der Waals surface area contributed by atoms with Crippen molar-refractivity contribution in [2.24, 2.45) is 10.9 Å². The van der Waals surface area contributed by atoms with E-state index >= 15 is 0 Å². The van der Waals surface area contributed by atoms with Crippen LogP contribution in [0.3, 0.4) is 0 Å². The maximum atomic E-state index is 8.86. The van der Waals surface area contributed by atoms with Crippen LogP contribution in [0, 0.1) is 20.8 Å². The minimum absolute atomic E-state index is 0.0249. The Morgan fingerprint density at radius 1 is 1.37 bits per heavy atom. The predicted octanol–water partition coefficient (Wildman–Crippen LogP) is 2.55. The fourth-order valence-corrected chi connectivity index (χ4v) is 2.07. The van der Waals surface area contributed by atoms with Crippen LogP contribution < -0.4 is 5.73 Å². The number of aromatic nitrogens is 2. The Morgan fingerprint density at radius 3 is 2.58 bits per heavy atom. The number of benzene rings is 1. The van der Waals surface area contributed by atoms with Gasteiger partial charge in [-0.1, -0.05) is 16.8 Å². The van der Waals surface area contributed by atoms with E-state index in [0.717, 1.165) is 17.0 Å². The fourth-order valence-electron chi connectivity index (χ4n) is 1.91. The normalized spacial score (nSPS) is 11.9. The van der Waals surface area contributed by atoms with Crippen molar-refractivity contribution in [3.8, 4) is 5.69 Å². The molecule has 0 bridgehead atoms. The SMILES string of the molecule is Cc1nn(-c2cc(Cl)ccc2C(N)=NO)c(C)c1C. The third-order valence-corrected chi connectivity index (χ3v) is 3.46. The van der Waals surface area contributed by atoms with Crippen molar-refractivity contribution < 1.29 is 5.21 Å². The van der Waals surface area contributed by atoms with Crippen LogP contribution in [-0.4, -0.2) is 20.8 Å². The molecule has 19 heavy (non-hydrogen) atoms. The van der Waals surface area contributed by atoms with E-state index in [9.17, 15) is 0 Å². The molecule has 0 saturated carbocycles. The van der Waals surface area contributed by atoms with Gasteiger partial charge in [0.05, 0.1) is 11.4 Å². The Labute approximate surface area is 116 Å². The first-order valence-electron chi connectivity index (χ1n) is 5.76. The van der Waals surface area contributed by atoms with Crippen LogP contribution in [0.5, 0.6) is 0 Å². The van der Waals surface area contributed by atoms with Crippen LogP contribution in [0.25, 0.3) is 5.69 Å². The third kappa shape index (κ3) is 2.29. The molecule has 2 rings (SSSR count). The first-order valence-corrected chi connectivity index (χ1v) is 6.14. The molecule has 0 amide bonds. The zero-order chi connectivity index (χ0) is 14.2. The number of hydrogen-bond donors (Lipinski definition) is 2. The van der Waals surface area contributed by atoms with Crippen molar-refractivity contribution in [3.05, 3.63) is 45.7 Å². The number of hydrogen-bond acceptors (Lipinski definition) is 3. The summed E-state index contributed by atoms with van der Waals surface area (Å²) >= 11 is 6.03. The maximum absolute atomic E-state index is 8.86. The smallest absolute Gasteiger partial charge is 0.172 e. The van der Waals surface area contributed by atoms with Crippen LogP contribution in [-0.2, 0) is 0 Å². The predicted molar refractivity (Wildman–Crippen MR) is 75.3 cm³/mol. The Morgan fingerprint density at radius 2 is 2.05 bits per heavy atom.